The van der Waals surface area contributed by atoms with Gasteiger partial charge in [-0.15, -0.1) is 0 Å². The summed E-state index contributed by atoms with van der Waals surface area (Å²) in [6.07, 6.45) is 18.2. The van der Waals surface area contributed by atoms with Crippen molar-refractivity contribution in [3.05, 3.63) is 0 Å². The highest BCUT2D eigenvalue weighted by molar-refractivity contribution is 7.46. The molecule has 0 aromatic rings. The van der Waals surface area contributed by atoms with E-state index in [0.717, 1.165) is 12.8 Å². The van der Waals surface area contributed by atoms with E-state index in [0.29, 0.717) is 13.2 Å². The SMILES string of the molecule is CCCCCCCCCCCCCCC[C@@H]1CO[C@@H](COP(=O)(O)O)CO1. The third kappa shape index (κ3) is 15.6. The van der Waals surface area contributed by atoms with Gasteiger partial charge >= 0.3 is 7.82 Å². The number of hydrogen-bond donors (Lipinski definition) is 2. The first-order chi connectivity index (χ1) is 13.0. The molecular formula is C20H41O6P. The van der Waals surface area contributed by atoms with Gasteiger partial charge in [0.15, 0.2) is 0 Å². The third-order valence-corrected chi connectivity index (χ3v) is 5.58. The predicted molar refractivity (Wildman–Crippen MR) is 108 cm³/mol. The second-order valence-electron chi connectivity index (χ2n) is 7.73. The normalized spacial score (nSPS) is 20.9. The molecule has 0 radical (unpaired) electrons. The maximum absolute atomic E-state index is 10.7. The molecule has 0 aromatic heterocycles. The molecule has 1 fully saturated rings. The summed E-state index contributed by atoms with van der Waals surface area (Å²) >= 11 is 0. The topological polar surface area (TPSA) is 85.2 Å². The summed E-state index contributed by atoms with van der Waals surface area (Å²) in [6, 6.07) is 0. The van der Waals surface area contributed by atoms with Crippen molar-refractivity contribution in [2.24, 2.45) is 0 Å². The summed E-state index contributed by atoms with van der Waals surface area (Å²) in [5.74, 6) is 0. The zero-order valence-corrected chi connectivity index (χ0v) is 18.0. The van der Waals surface area contributed by atoms with Crippen LogP contribution in [-0.2, 0) is 18.6 Å². The summed E-state index contributed by atoms with van der Waals surface area (Å²) in [6.45, 7) is 2.95. The molecule has 6 nitrogen and oxygen atoms in total. The summed E-state index contributed by atoms with van der Waals surface area (Å²) in [4.78, 5) is 17.4. The van der Waals surface area contributed by atoms with E-state index in [1.54, 1.807) is 0 Å². The maximum atomic E-state index is 10.7. The first-order valence-electron chi connectivity index (χ1n) is 10.9. The molecule has 0 bridgehead atoms. The number of ether oxygens (including phenoxy) is 2. The molecule has 2 N–H and O–H groups in total. The van der Waals surface area contributed by atoms with Crippen molar-refractivity contribution in [3.63, 3.8) is 0 Å². The van der Waals surface area contributed by atoms with Gasteiger partial charge in [0.1, 0.15) is 6.10 Å². The number of unbranched alkanes of at least 4 members (excludes halogenated alkanes) is 12. The van der Waals surface area contributed by atoms with Crippen LogP contribution in [0.1, 0.15) is 96.8 Å². The van der Waals surface area contributed by atoms with Gasteiger partial charge in [0.05, 0.1) is 25.9 Å². The maximum Gasteiger partial charge on any atom is 0.469 e. The average Bonchev–Trinajstić information content (AvgIpc) is 2.64. The van der Waals surface area contributed by atoms with E-state index in [1.165, 1.54) is 77.0 Å². The van der Waals surface area contributed by atoms with Crippen LogP contribution in [0.3, 0.4) is 0 Å². The van der Waals surface area contributed by atoms with Crippen LogP contribution in [0.25, 0.3) is 0 Å². The van der Waals surface area contributed by atoms with Crippen molar-refractivity contribution < 1.29 is 28.3 Å². The molecule has 0 unspecified atom stereocenters. The smallest absolute Gasteiger partial charge is 0.373 e. The van der Waals surface area contributed by atoms with Crippen molar-refractivity contribution in [2.75, 3.05) is 19.8 Å². The fraction of sp³-hybridized carbons (Fsp3) is 1.00. The van der Waals surface area contributed by atoms with Gasteiger partial charge in [-0.05, 0) is 6.42 Å². The first-order valence-corrected chi connectivity index (χ1v) is 12.5. The molecule has 0 spiro atoms. The number of phosphoric acid groups is 1. The molecule has 1 saturated heterocycles. The van der Waals surface area contributed by atoms with Gasteiger partial charge in [0.25, 0.3) is 0 Å². The molecule has 1 rings (SSSR count). The van der Waals surface area contributed by atoms with Crippen molar-refractivity contribution in [1.29, 1.82) is 0 Å². The zero-order valence-electron chi connectivity index (χ0n) is 17.2. The lowest BCUT2D eigenvalue weighted by Gasteiger charge is -2.29. The van der Waals surface area contributed by atoms with Gasteiger partial charge in [-0.1, -0.05) is 90.4 Å². The van der Waals surface area contributed by atoms with Gasteiger partial charge in [0, 0.05) is 0 Å². The lowest BCUT2D eigenvalue weighted by atomic mass is 10.0. The van der Waals surface area contributed by atoms with Gasteiger partial charge in [-0.3, -0.25) is 4.52 Å². The quantitative estimate of drug-likeness (QED) is 0.249. The highest BCUT2D eigenvalue weighted by Crippen LogP contribution is 2.36. The number of hydrogen-bond acceptors (Lipinski definition) is 4. The summed E-state index contributed by atoms with van der Waals surface area (Å²) in [5.41, 5.74) is 0. The van der Waals surface area contributed by atoms with Gasteiger partial charge < -0.3 is 19.3 Å². The van der Waals surface area contributed by atoms with Crippen LogP contribution in [0.2, 0.25) is 0 Å². The molecule has 1 aliphatic rings. The fourth-order valence-electron chi connectivity index (χ4n) is 3.42. The molecule has 0 amide bonds. The van der Waals surface area contributed by atoms with Crippen molar-refractivity contribution in [3.8, 4) is 0 Å². The molecule has 162 valence electrons. The lowest BCUT2D eigenvalue weighted by Crippen LogP contribution is -2.38. The Kier molecular flexibility index (Phi) is 14.8. The van der Waals surface area contributed by atoms with E-state index in [9.17, 15) is 4.57 Å². The van der Waals surface area contributed by atoms with Crippen molar-refractivity contribution in [2.45, 2.75) is 109 Å². The van der Waals surface area contributed by atoms with Crippen molar-refractivity contribution in [1.82, 2.24) is 0 Å². The summed E-state index contributed by atoms with van der Waals surface area (Å²) < 4.78 is 26.4. The van der Waals surface area contributed by atoms with Gasteiger partial charge in [-0.25, -0.2) is 4.57 Å². The van der Waals surface area contributed by atoms with Gasteiger partial charge in [-0.2, -0.15) is 0 Å². The van der Waals surface area contributed by atoms with Crippen LogP contribution in [-0.4, -0.2) is 41.8 Å². The minimum absolute atomic E-state index is 0.101. The molecule has 2 atom stereocenters. The average molecular weight is 409 g/mol. The fourth-order valence-corrected chi connectivity index (χ4v) is 3.78. The highest BCUT2D eigenvalue weighted by atomic mass is 31.2. The van der Waals surface area contributed by atoms with Crippen LogP contribution < -0.4 is 0 Å². The lowest BCUT2D eigenvalue weighted by molar-refractivity contribution is -0.145. The largest absolute Gasteiger partial charge is 0.469 e. The monoisotopic (exact) mass is 408 g/mol. The summed E-state index contributed by atoms with van der Waals surface area (Å²) in [7, 11) is -4.43. The van der Waals surface area contributed by atoms with Crippen LogP contribution in [0.5, 0.6) is 0 Å². The second kappa shape index (κ2) is 15.9. The van der Waals surface area contributed by atoms with E-state index < -0.39 is 7.82 Å². The molecule has 0 aliphatic carbocycles. The molecule has 1 heterocycles. The molecular weight excluding hydrogens is 367 g/mol. The first kappa shape index (κ1) is 25.1. The van der Waals surface area contributed by atoms with Crippen LogP contribution >= 0.6 is 7.82 Å². The Hall–Kier alpha value is 0.0300. The van der Waals surface area contributed by atoms with Crippen LogP contribution in [0.4, 0.5) is 0 Å². The number of phosphoric ester groups is 1. The molecule has 0 saturated carbocycles. The Morgan fingerprint density at radius 1 is 0.778 bits per heavy atom. The predicted octanol–water partition coefficient (Wildman–Crippen LogP) is 5.36. The zero-order chi connectivity index (χ0) is 19.8. The Morgan fingerprint density at radius 2 is 1.22 bits per heavy atom. The van der Waals surface area contributed by atoms with E-state index in [-0.39, 0.29) is 18.8 Å². The molecule has 1 aliphatic heterocycles. The van der Waals surface area contributed by atoms with Crippen LogP contribution in [0, 0.1) is 0 Å². The van der Waals surface area contributed by atoms with Crippen LogP contribution in [0.15, 0.2) is 0 Å². The molecule has 27 heavy (non-hydrogen) atoms. The van der Waals surface area contributed by atoms with E-state index in [1.807, 2.05) is 0 Å². The van der Waals surface area contributed by atoms with E-state index in [4.69, 9.17) is 19.3 Å². The standard InChI is InChI=1S/C20H41O6P/c1-2-3-4-5-6-7-8-9-10-11-12-13-14-15-19-16-25-20(17-24-19)18-26-27(21,22)23/h19-20H,2-18H2,1H3,(H2,21,22,23)/t19-,20-/m1/s1. The van der Waals surface area contributed by atoms with Gasteiger partial charge in [0.2, 0.25) is 0 Å². The Bertz CT molecular complexity index is 379. The molecule has 7 heteroatoms. The Labute approximate surface area is 165 Å². The minimum Gasteiger partial charge on any atom is -0.373 e. The third-order valence-electron chi connectivity index (χ3n) is 5.09. The summed E-state index contributed by atoms with van der Waals surface area (Å²) in [5, 5.41) is 0. The Balaban J connectivity index is 1.82. The van der Waals surface area contributed by atoms with Crippen molar-refractivity contribution >= 4 is 7.82 Å². The number of rotatable bonds is 17. The van der Waals surface area contributed by atoms with E-state index in [2.05, 4.69) is 11.4 Å². The van der Waals surface area contributed by atoms with E-state index >= 15 is 0 Å². The molecule has 0 aromatic carbocycles. The minimum atomic E-state index is -4.43. The second-order valence-corrected chi connectivity index (χ2v) is 8.97. The Morgan fingerprint density at radius 3 is 1.67 bits per heavy atom. The highest BCUT2D eigenvalue weighted by Gasteiger charge is 2.25.